The second-order valence-electron chi connectivity index (χ2n) is 4.23. The summed E-state index contributed by atoms with van der Waals surface area (Å²) in [7, 11) is 1.68. The van der Waals surface area contributed by atoms with E-state index in [0.717, 1.165) is 13.2 Å². The SMILES string of the molecule is CCOC1CCC(COC(C)OC)CC1. The maximum Gasteiger partial charge on any atom is 0.154 e. The predicted octanol–water partition coefficient (Wildman–Crippen LogP) is 2.59. The maximum absolute atomic E-state index is 5.61. The average Bonchev–Trinajstić information content (AvgIpc) is 2.28. The van der Waals surface area contributed by atoms with Gasteiger partial charge in [0.15, 0.2) is 6.29 Å². The van der Waals surface area contributed by atoms with Gasteiger partial charge in [-0.15, -0.1) is 0 Å². The Morgan fingerprint density at radius 2 is 1.87 bits per heavy atom. The summed E-state index contributed by atoms with van der Waals surface area (Å²) >= 11 is 0. The topological polar surface area (TPSA) is 27.7 Å². The van der Waals surface area contributed by atoms with E-state index in [1.807, 2.05) is 6.92 Å². The first-order valence-electron chi connectivity index (χ1n) is 6.02. The van der Waals surface area contributed by atoms with Crippen molar-refractivity contribution in [3.05, 3.63) is 0 Å². The van der Waals surface area contributed by atoms with Gasteiger partial charge in [0.05, 0.1) is 12.7 Å². The van der Waals surface area contributed by atoms with Crippen LogP contribution in [0.15, 0.2) is 0 Å². The van der Waals surface area contributed by atoms with Crippen LogP contribution < -0.4 is 0 Å². The van der Waals surface area contributed by atoms with Gasteiger partial charge >= 0.3 is 0 Å². The second-order valence-corrected chi connectivity index (χ2v) is 4.23. The monoisotopic (exact) mass is 216 g/mol. The van der Waals surface area contributed by atoms with E-state index in [2.05, 4.69) is 6.92 Å². The molecule has 1 unspecified atom stereocenters. The van der Waals surface area contributed by atoms with Gasteiger partial charge in [-0.3, -0.25) is 0 Å². The van der Waals surface area contributed by atoms with Crippen LogP contribution in [0.2, 0.25) is 0 Å². The van der Waals surface area contributed by atoms with Gasteiger partial charge in [-0.05, 0) is 45.4 Å². The third-order valence-corrected chi connectivity index (χ3v) is 3.09. The van der Waals surface area contributed by atoms with Crippen LogP contribution in [0.1, 0.15) is 39.5 Å². The lowest BCUT2D eigenvalue weighted by atomic mass is 9.88. The Labute approximate surface area is 93.1 Å². The van der Waals surface area contributed by atoms with E-state index in [4.69, 9.17) is 14.2 Å². The largest absolute Gasteiger partial charge is 0.379 e. The van der Waals surface area contributed by atoms with E-state index in [0.29, 0.717) is 12.0 Å². The zero-order valence-electron chi connectivity index (χ0n) is 10.2. The molecule has 1 atom stereocenters. The van der Waals surface area contributed by atoms with E-state index >= 15 is 0 Å². The molecule has 1 fully saturated rings. The smallest absolute Gasteiger partial charge is 0.154 e. The molecule has 1 aliphatic rings. The summed E-state index contributed by atoms with van der Waals surface area (Å²) < 4.78 is 16.2. The summed E-state index contributed by atoms with van der Waals surface area (Å²) in [6, 6.07) is 0. The highest BCUT2D eigenvalue weighted by Gasteiger charge is 2.21. The fraction of sp³-hybridized carbons (Fsp3) is 1.00. The van der Waals surface area contributed by atoms with Crippen molar-refractivity contribution in [2.75, 3.05) is 20.3 Å². The van der Waals surface area contributed by atoms with Crippen molar-refractivity contribution in [1.29, 1.82) is 0 Å². The Kier molecular flexibility index (Phi) is 6.22. The third kappa shape index (κ3) is 4.96. The van der Waals surface area contributed by atoms with Gasteiger partial charge in [0.25, 0.3) is 0 Å². The Balaban J connectivity index is 2.09. The fourth-order valence-corrected chi connectivity index (χ4v) is 2.04. The fourth-order valence-electron chi connectivity index (χ4n) is 2.04. The summed E-state index contributed by atoms with van der Waals surface area (Å²) in [4.78, 5) is 0. The Morgan fingerprint density at radius 3 is 2.40 bits per heavy atom. The zero-order valence-corrected chi connectivity index (χ0v) is 10.2. The second kappa shape index (κ2) is 7.20. The van der Waals surface area contributed by atoms with Gasteiger partial charge in [0, 0.05) is 13.7 Å². The molecule has 0 saturated heterocycles. The Morgan fingerprint density at radius 1 is 1.20 bits per heavy atom. The van der Waals surface area contributed by atoms with Gasteiger partial charge in [-0.25, -0.2) is 0 Å². The van der Waals surface area contributed by atoms with Crippen molar-refractivity contribution in [2.45, 2.75) is 51.9 Å². The van der Waals surface area contributed by atoms with E-state index in [1.165, 1.54) is 25.7 Å². The molecule has 1 aliphatic carbocycles. The van der Waals surface area contributed by atoms with Crippen LogP contribution in [0.5, 0.6) is 0 Å². The van der Waals surface area contributed by atoms with Gasteiger partial charge in [0.2, 0.25) is 0 Å². The molecule has 3 heteroatoms. The molecule has 0 aliphatic heterocycles. The molecule has 3 nitrogen and oxygen atoms in total. The minimum absolute atomic E-state index is 0.0744. The van der Waals surface area contributed by atoms with Crippen molar-refractivity contribution in [2.24, 2.45) is 5.92 Å². The molecule has 15 heavy (non-hydrogen) atoms. The molecular formula is C12H24O3. The molecule has 0 aromatic rings. The lowest BCUT2D eigenvalue weighted by Gasteiger charge is -2.28. The van der Waals surface area contributed by atoms with E-state index in [-0.39, 0.29) is 6.29 Å². The maximum atomic E-state index is 5.61. The first-order valence-corrected chi connectivity index (χ1v) is 6.02. The molecular weight excluding hydrogens is 192 g/mol. The van der Waals surface area contributed by atoms with Gasteiger partial charge in [-0.2, -0.15) is 0 Å². The first-order chi connectivity index (χ1) is 7.26. The lowest BCUT2D eigenvalue weighted by Crippen LogP contribution is -2.25. The third-order valence-electron chi connectivity index (χ3n) is 3.09. The normalized spacial score (nSPS) is 29.0. The van der Waals surface area contributed by atoms with Crippen LogP contribution in [0, 0.1) is 5.92 Å². The first kappa shape index (κ1) is 12.9. The number of methoxy groups -OCH3 is 1. The molecule has 1 saturated carbocycles. The number of hydrogen-bond acceptors (Lipinski definition) is 3. The minimum Gasteiger partial charge on any atom is -0.379 e. The highest BCUT2D eigenvalue weighted by Crippen LogP contribution is 2.26. The molecule has 0 N–H and O–H groups in total. The summed E-state index contributed by atoms with van der Waals surface area (Å²) in [6.07, 6.45) is 5.23. The van der Waals surface area contributed by atoms with Gasteiger partial charge < -0.3 is 14.2 Å². The van der Waals surface area contributed by atoms with Crippen molar-refractivity contribution in [3.8, 4) is 0 Å². The summed E-state index contributed by atoms with van der Waals surface area (Å²) in [6.45, 7) is 5.67. The van der Waals surface area contributed by atoms with Crippen LogP contribution in [0.4, 0.5) is 0 Å². The highest BCUT2D eigenvalue weighted by atomic mass is 16.7. The summed E-state index contributed by atoms with van der Waals surface area (Å²) in [5.74, 6) is 0.694. The predicted molar refractivity (Wildman–Crippen MR) is 59.8 cm³/mol. The molecule has 90 valence electrons. The van der Waals surface area contributed by atoms with Crippen molar-refractivity contribution >= 4 is 0 Å². The minimum atomic E-state index is -0.0744. The highest BCUT2D eigenvalue weighted by molar-refractivity contribution is 4.72. The lowest BCUT2D eigenvalue weighted by molar-refractivity contribution is -0.124. The van der Waals surface area contributed by atoms with Crippen LogP contribution >= 0.6 is 0 Å². The number of hydrogen-bond donors (Lipinski definition) is 0. The van der Waals surface area contributed by atoms with Gasteiger partial charge in [0.1, 0.15) is 0 Å². The molecule has 0 bridgehead atoms. The van der Waals surface area contributed by atoms with Crippen LogP contribution in [0.3, 0.4) is 0 Å². The summed E-state index contributed by atoms with van der Waals surface area (Å²) in [5, 5.41) is 0. The standard InChI is InChI=1S/C12H24O3/c1-4-14-12-7-5-11(6-8-12)9-15-10(2)13-3/h10-12H,4-9H2,1-3H3. The van der Waals surface area contributed by atoms with Crippen LogP contribution in [-0.2, 0) is 14.2 Å². The van der Waals surface area contributed by atoms with Crippen LogP contribution in [0.25, 0.3) is 0 Å². The van der Waals surface area contributed by atoms with E-state index in [9.17, 15) is 0 Å². The Hall–Kier alpha value is -0.120. The van der Waals surface area contributed by atoms with Crippen LogP contribution in [-0.4, -0.2) is 32.7 Å². The average molecular weight is 216 g/mol. The quantitative estimate of drug-likeness (QED) is 0.639. The Bertz CT molecular complexity index is 153. The number of rotatable bonds is 6. The molecule has 0 aromatic heterocycles. The molecule has 0 heterocycles. The summed E-state index contributed by atoms with van der Waals surface area (Å²) in [5.41, 5.74) is 0. The molecule has 0 aromatic carbocycles. The van der Waals surface area contributed by atoms with E-state index < -0.39 is 0 Å². The molecule has 1 rings (SSSR count). The van der Waals surface area contributed by atoms with Gasteiger partial charge in [-0.1, -0.05) is 0 Å². The van der Waals surface area contributed by atoms with E-state index in [1.54, 1.807) is 7.11 Å². The number of ether oxygens (including phenoxy) is 3. The molecule has 0 spiro atoms. The van der Waals surface area contributed by atoms with Crippen molar-refractivity contribution in [1.82, 2.24) is 0 Å². The van der Waals surface area contributed by atoms with Crippen molar-refractivity contribution < 1.29 is 14.2 Å². The molecule has 0 amide bonds. The van der Waals surface area contributed by atoms with Crippen molar-refractivity contribution in [3.63, 3.8) is 0 Å². The molecule has 0 radical (unpaired) electrons. The zero-order chi connectivity index (χ0) is 11.1.